The Morgan fingerprint density at radius 3 is 2.27 bits per heavy atom. The predicted octanol–water partition coefficient (Wildman–Crippen LogP) is 1.56. The van der Waals surface area contributed by atoms with Crippen molar-refractivity contribution in [2.24, 2.45) is 0 Å². The molecular weight excluding hydrogens is 356 g/mol. The molecule has 8 heteroatoms. The number of benzene rings is 2. The lowest BCUT2D eigenvalue weighted by atomic mass is 10.3. The summed E-state index contributed by atoms with van der Waals surface area (Å²) >= 11 is 0. The van der Waals surface area contributed by atoms with Crippen molar-refractivity contribution in [2.45, 2.75) is 11.3 Å². The molecule has 0 fully saturated rings. The van der Waals surface area contributed by atoms with Crippen LogP contribution in [0.15, 0.2) is 59.5 Å². The van der Waals surface area contributed by atoms with Crippen LogP contribution in [-0.4, -0.2) is 41.1 Å². The number of hydrogen-bond donors (Lipinski definition) is 2. The summed E-state index contributed by atoms with van der Waals surface area (Å²) < 4.78 is 37.0. The molecule has 0 atom stereocenters. The van der Waals surface area contributed by atoms with Gasteiger partial charge in [-0.25, -0.2) is 13.1 Å². The highest BCUT2D eigenvalue weighted by molar-refractivity contribution is 7.89. The summed E-state index contributed by atoms with van der Waals surface area (Å²) in [5.41, 5.74) is 0. The van der Waals surface area contributed by atoms with E-state index in [-0.39, 0.29) is 23.8 Å². The standard InChI is InChI=1S/C18H22N2O5S/c1-24-15-7-9-16(10-8-15)25-14-13-19-18(21)11-12-20-26(22,23)17-5-3-2-4-6-17/h2-10,20H,11-14H2,1H3,(H,19,21). The maximum absolute atomic E-state index is 12.0. The lowest BCUT2D eigenvalue weighted by Crippen LogP contribution is -2.32. The molecule has 7 nitrogen and oxygen atoms in total. The zero-order chi connectivity index (χ0) is 18.8. The second-order valence-corrected chi connectivity index (χ2v) is 7.10. The minimum atomic E-state index is -3.59. The summed E-state index contributed by atoms with van der Waals surface area (Å²) in [5, 5.41) is 2.68. The number of ether oxygens (including phenoxy) is 2. The molecule has 2 rings (SSSR count). The van der Waals surface area contributed by atoms with Gasteiger partial charge >= 0.3 is 0 Å². The molecule has 1 amide bonds. The second-order valence-electron chi connectivity index (χ2n) is 5.33. The highest BCUT2D eigenvalue weighted by Gasteiger charge is 2.13. The van der Waals surface area contributed by atoms with Crippen LogP contribution in [0, 0.1) is 0 Å². The number of amides is 1. The highest BCUT2D eigenvalue weighted by atomic mass is 32.2. The van der Waals surface area contributed by atoms with Gasteiger partial charge in [0.05, 0.1) is 18.6 Å². The summed E-state index contributed by atoms with van der Waals surface area (Å²) in [7, 11) is -2.00. The van der Waals surface area contributed by atoms with Gasteiger partial charge in [-0.1, -0.05) is 18.2 Å². The van der Waals surface area contributed by atoms with Gasteiger partial charge in [-0.15, -0.1) is 0 Å². The van der Waals surface area contributed by atoms with Crippen molar-refractivity contribution in [3.63, 3.8) is 0 Å². The Bertz CT molecular complexity index is 792. The molecule has 0 radical (unpaired) electrons. The zero-order valence-electron chi connectivity index (χ0n) is 14.5. The van der Waals surface area contributed by atoms with Crippen molar-refractivity contribution >= 4 is 15.9 Å². The number of carbonyl (C=O) groups is 1. The van der Waals surface area contributed by atoms with E-state index in [0.29, 0.717) is 18.9 Å². The third kappa shape index (κ3) is 6.38. The number of carbonyl (C=O) groups excluding carboxylic acids is 1. The molecule has 0 spiro atoms. The van der Waals surface area contributed by atoms with Gasteiger partial charge in [0.2, 0.25) is 15.9 Å². The molecule has 140 valence electrons. The third-order valence-electron chi connectivity index (χ3n) is 3.45. The van der Waals surface area contributed by atoms with E-state index in [9.17, 15) is 13.2 Å². The minimum absolute atomic E-state index is 0.0302. The zero-order valence-corrected chi connectivity index (χ0v) is 15.3. The van der Waals surface area contributed by atoms with Gasteiger partial charge in [0, 0.05) is 13.0 Å². The van der Waals surface area contributed by atoms with Crippen LogP contribution < -0.4 is 19.5 Å². The fourth-order valence-electron chi connectivity index (χ4n) is 2.10. The number of rotatable bonds is 10. The minimum Gasteiger partial charge on any atom is -0.497 e. The molecule has 26 heavy (non-hydrogen) atoms. The first-order valence-electron chi connectivity index (χ1n) is 8.09. The summed E-state index contributed by atoms with van der Waals surface area (Å²) in [6, 6.07) is 15.1. The highest BCUT2D eigenvalue weighted by Crippen LogP contribution is 2.16. The van der Waals surface area contributed by atoms with Crippen molar-refractivity contribution in [3.05, 3.63) is 54.6 Å². The number of hydrogen-bond acceptors (Lipinski definition) is 5. The van der Waals surface area contributed by atoms with Crippen molar-refractivity contribution < 1.29 is 22.7 Å². The average Bonchev–Trinajstić information content (AvgIpc) is 2.66. The summed E-state index contributed by atoms with van der Waals surface area (Å²) in [5.74, 6) is 1.17. The smallest absolute Gasteiger partial charge is 0.240 e. The summed E-state index contributed by atoms with van der Waals surface area (Å²) in [6.45, 7) is 0.673. The van der Waals surface area contributed by atoms with E-state index in [1.165, 1.54) is 12.1 Å². The molecule has 0 saturated heterocycles. The third-order valence-corrected chi connectivity index (χ3v) is 4.93. The molecule has 0 heterocycles. The van der Waals surface area contributed by atoms with Gasteiger partial charge in [0.25, 0.3) is 0 Å². The van der Waals surface area contributed by atoms with Gasteiger partial charge in [-0.05, 0) is 36.4 Å². The number of nitrogens with one attached hydrogen (secondary N) is 2. The van der Waals surface area contributed by atoms with Crippen molar-refractivity contribution in [1.82, 2.24) is 10.0 Å². The topological polar surface area (TPSA) is 93.7 Å². The van der Waals surface area contributed by atoms with E-state index in [1.807, 2.05) is 0 Å². The lowest BCUT2D eigenvalue weighted by Gasteiger charge is -2.09. The first-order chi connectivity index (χ1) is 12.5. The fraction of sp³-hybridized carbons (Fsp3) is 0.278. The average molecular weight is 378 g/mol. The molecule has 0 saturated carbocycles. The van der Waals surface area contributed by atoms with Crippen LogP contribution in [-0.2, 0) is 14.8 Å². The van der Waals surface area contributed by atoms with Crippen LogP contribution in [0.3, 0.4) is 0 Å². The van der Waals surface area contributed by atoms with Crippen LogP contribution in [0.4, 0.5) is 0 Å². The predicted molar refractivity (Wildman–Crippen MR) is 97.7 cm³/mol. The van der Waals surface area contributed by atoms with Crippen LogP contribution in [0.5, 0.6) is 11.5 Å². The van der Waals surface area contributed by atoms with Gasteiger partial charge in [-0.2, -0.15) is 0 Å². The second kappa shape index (κ2) is 9.79. The van der Waals surface area contributed by atoms with Gasteiger partial charge < -0.3 is 14.8 Å². The molecule has 2 aromatic rings. The van der Waals surface area contributed by atoms with Crippen molar-refractivity contribution in [1.29, 1.82) is 0 Å². The Morgan fingerprint density at radius 2 is 1.62 bits per heavy atom. The molecule has 2 aromatic carbocycles. The van der Waals surface area contributed by atoms with E-state index in [0.717, 1.165) is 5.75 Å². The number of methoxy groups -OCH3 is 1. The summed E-state index contributed by atoms with van der Waals surface area (Å²) in [4.78, 5) is 11.9. The SMILES string of the molecule is COc1ccc(OCCNC(=O)CCNS(=O)(=O)c2ccccc2)cc1. The van der Waals surface area contributed by atoms with E-state index in [2.05, 4.69) is 10.0 Å². The van der Waals surface area contributed by atoms with Crippen LogP contribution in [0.2, 0.25) is 0 Å². The van der Waals surface area contributed by atoms with Crippen LogP contribution in [0.1, 0.15) is 6.42 Å². The molecule has 0 aromatic heterocycles. The first-order valence-corrected chi connectivity index (χ1v) is 9.58. The van der Waals surface area contributed by atoms with E-state index < -0.39 is 10.0 Å². The van der Waals surface area contributed by atoms with Gasteiger partial charge in [0.1, 0.15) is 18.1 Å². The van der Waals surface area contributed by atoms with Crippen LogP contribution >= 0.6 is 0 Å². The molecule has 0 aliphatic heterocycles. The van der Waals surface area contributed by atoms with Gasteiger partial charge in [0.15, 0.2) is 0 Å². The molecule has 0 bridgehead atoms. The van der Waals surface area contributed by atoms with Crippen LogP contribution in [0.25, 0.3) is 0 Å². The Morgan fingerprint density at radius 1 is 0.962 bits per heavy atom. The van der Waals surface area contributed by atoms with Crippen molar-refractivity contribution in [3.8, 4) is 11.5 Å². The Balaban J connectivity index is 1.63. The van der Waals surface area contributed by atoms with E-state index >= 15 is 0 Å². The maximum atomic E-state index is 12.0. The molecule has 0 aliphatic carbocycles. The monoisotopic (exact) mass is 378 g/mol. The largest absolute Gasteiger partial charge is 0.497 e. The lowest BCUT2D eigenvalue weighted by molar-refractivity contribution is -0.121. The molecule has 0 unspecified atom stereocenters. The van der Waals surface area contributed by atoms with E-state index in [4.69, 9.17) is 9.47 Å². The molecule has 0 aliphatic rings. The Labute approximate surface area is 153 Å². The normalized spacial score (nSPS) is 11.0. The number of sulfonamides is 1. The van der Waals surface area contributed by atoms with Crippen molar-refractivity contribution in [2.75, 3.05) is 26.8 Å². The fourth-order valence-corrected chi connectivity index (χ4v) is 3.15. The summed E-state index contributed by atoms with van der Waals surface area (Å²) in [6.07, 6.45) is 0.0502. The molecular formula is C18H22N2O5S. The quantitative estimate of drug-likeness (QED) is 0.612. The Kier molecular flexibility index (Phi) is 7.43. The maximum Gasteiger partial charge on any atom is 0.240 e. The van der Waals surface area contributed by atoms with Gasteiger partial charge in [-0.3, -0.25) is 4.79 Å². The van der Waals surface area contributed by atoms with E-state index in [1.54, 1.807) is 49.6 Å². The molecule has 2 N–H and O–H groups in total. The first kappa shape index (κ1) is 19.7. The Hall–Kier alpha value is -2.58.